The van der Waals surface area contributed by atoms with Gasteiger partial charge in [-0.1, -0.05) is 18.2 Å². The van der Waals surface area contributed by atoms with Crippen LogP contribution in [0.4, 0.5) is 0 Å². The molecule has 1 heterocycles. The number of carbonyl (C=O) groups excluding carboxylic acids is 1. The Morgan fingerprint density at radius 2 is 1.92 bits per heavy atom. The summed E-state index contributed by atoms with van der Waals surface area (Å²) in [5.74, 6) is 0.963. The largest absolute Gasteiger partial charge is 0.491 e. The number of hydrogen-bond acceptors (Lipinski definition) is 4. The van der Waals surface area contributed by atoms with Crippen molar-refractivity contribution in [2.24, 2.45) is 0 Å². The number of ether oxygens (including phenoxy) is 1. The molecule has 1 N–H and O–H groups in total. The molecular weight excluding hydrogens is 316 g/mol. The van der Waals surface area contributed by atoms with Gasteiger partial charge in [-0.3, -0.25) is 9.69 Å². The number of carbonyl (C=O) groups is 1. The molecular formula is C20H30N2O3. The van der Waals surface area contributed by atoms with Crippen LogP contribution in [-0.2, 0) is 11.2 Å². The van der Waals surface area contributed by atoms with Gasteiger partial charge in [0.15, 0.2) is 0 Å². The highest BCUT2D eigenvalue weighted by atomic mass is 16.5. The van der Waals surface area contributed by atoms with Crippen LogP contribution in [0.15, 0.2) is 24.3 Å². The van der Waals surface area contributed by atoms with Crippen molar-refractivity contribution >= 4 is 5.91 Å². The Labute approximate surface area is 150 Å². The van der Waals surface area contributed by atoms with E-state index in [0.717, 1.165) is 56.8 Å². The van der Waals surface area contributed by atoms with E-state index < -0.39 is 0 Å². The van der Waals surface area contributed by atoms with Gasteiger partial charge in [-0.2, -0.15) is 0 Å². The average Bonchev–Trinajstić information content (AvgIpc) is 3.02. The van der Waals surface area contributed by atoms with Crippen molar-refractivity contribution < 1.29 is 14.6 Å². The third kappa shape index (κ3) is 4.53. The number of benzene rings is 1. The monoisotopic (exact) mass is 346 g/mol. The Morgan fingerprint density at radius 1 is 1.20 bits per heavy atom. The van der Waals surface area contributed by atoms with Crippen LogP contribution in [0.25, 0.3) is 0 Å². The minimum absolute atomic E-state index is 0.0950. The summed E-state index contributed by atoms with van der Waals surface area (Å²) in [5, 5.41) is 10.1. The highest BCUT2D eigenvalue weighted by molar-refractivity contribution is 5.79. The summed E-state index contributed by atoms with van der Waals surface area (Å²) in [4.78, 5) is 17.0. The number of hydrogen-bond donors (Lipinski definition) is 1. The van der Waals surface area contributed by atoms with E-state index in [2.05, 4.69) is 4.90 Å². The second-order valence-corrected chi connectivity index (χ2v) is 7.43. The van der Waals surface area contributed by atoms with E-state index in [4.69, 9.17) is 4.74 Å². The number of piperazine rings is 1. The molecule has 1 aliphatic carbocycles. The molecule has 2 aliphatic rings. The van der Waals surface area contributed by atoms with Crippen molar-refractivity contribution in [2.45, 2.75) is 57.8 Å². The van der Waals surface area contributed by atoms with Gasteiger partial charge in [-0.15, -0.1) is 0 Å². The number of aliphatic hydroxyl groups excluding tert-OH is 1. The summed E-state index contributed by atoms with van der Waals surface area (Å²) in [6.07, 6.45) is 3.39. The van der Waals surface area contributed by atoms with Crippen LogP contribution in [0.2, 0.25) is 0 Å². The summed E-state index contributed by atoms with van der Waals surface area (Å²) in [5.41, 5.74) is 0.954. The fourth-order valence-electron chi connectivity index (χ4n) is 3.94. The van der Waals surface area contributed by atoms with Crippen LogP contribution in [0.1, 0.15) is 38.7 Å². The minimum Gasteiger partial charge on any atom is -0.491 e. The first kappa shape index (κ1) is 18.2. The summed E-state index contributed by atoms with van der Waals surface area (Å²) < 4.78 is 5.82. The van der Waals surface area contributed by atoms with Gasteiger partial charge >= 0.3 is 0 Å². The average molecular weight is 346 g/mol. The second kappa shape index (κ2) is 8.19. The molecule has 3 rings (SSSR count). The molecule has 1 aliphatic heterocycles. The second-order valence-electron chi connectivity index (χ2n) is 7.43. The smallest absolute Gasteiger partial charge is 0.227 e. The lowest BCUT2D eigenvalue weighted by atomic mass is 10.1. The zero-order valence-corrected chi connectivity index (χ0v) is 15.4. The van der Waals surface area contributed by atoms with E-state index >= 15 is 0 Å². The minimum atomic E-state index is -0.192. The first-order valence-electron chi connectivity index (χ1n) is 9.49. The predicted molar refractivity (Wildman–Crippen MR) is 97.7 cm³/mol. The van der Waals surface area contributed by atoms with Crippen molar-refractivity contribution in [2.75, 3.05) is 26.2 Å². The Balaban J connectivity index is 1.55. The van der Waals surface area contributed by atoms with E-state index in [1.807, 2.05) is 43.0 Å². The fourth-order valence-corrected chi connectivity index (χ4v) is 3.94. The molecule has 1 saturated carbocycles. The summed E-state index contributed by atoms with van der Waals surface area (Å²) in [6, 6.07) is 8.09. The Bertz CT molecular complexity index is 582. The first-order valence-corrected chi connectivity index (χ1v) is 9.49. The number of para-hydroxylation sites is 1. The molecule has 1 aromatic carbocycles. The maximum Gasteiger partial charge on any atom is 0.227 e. The van der Waals surface area contributed by atoms with Crippen LogP contribution < -0.4 is 4.74 Å². The van der Waals surface area contributed by atoms with E-state index in [0.29, 0.717) is 6.42 Å². The summed E-state index contributed by atoms with van der Waals surface area (Å²) >= 11 is 0. The number of amides is 1. The van der Waals surface area contributed by atoms with Crippen LogP contribution >= 0.6 is 0 Å². The van der Waals surface area contributed by atoms with Crippen molar-refractivity contribution in [3.8, 4) is 5.75 Å². The van der Waals surface area contributed by atoms with Crippen LogP contribution in [0.5, 0.6) is 5.75 Å². The predicted octanol–water partition coefficient (Wildman–Crippen LogP) is 2.07. The van der Waals surface area contributed by atoms with Gasteiger partial charge in [0.25, 0.3) is 0 Å². The van der Waals surface area contributed by atoms with Gasteiger partial charge in [0.05, 0.1) is 18.6 Å². The molecule has 0 bridgehead atoms. The molecule has 5 heteroatoms. The van der Waals surface area contributed by atoms with Crippen molar-refractivity contribution in [3.05, 3.63) is 29.8 Å². The zero-order chi connectivity index (χ0) is 17.8. The van der Waals surface area contributed by atoms with Crippen molar-refractivity contribution in [3.63, 3.8) is 0 Å². The molecule has 2 unspecified atom stereocenters. The first-order chi connectivity index (χ1) is 12.0. The molecule has 1 saturated heterocycles. The van der Waals surface area contributed by atoms with Gasteiger partial charge in [0, 0.05) is 37.8 Å². The maximum atomic E-state index is 12.7. The maximum absolute atomic E-state index is 12.7. The summed E-state index contributed by atoms with van der Waals surface area (Å²) in [7, 11) is 0. The quantitative estimate of drug-likeness (QED) is 0.887. The molecule has 2 atom stereocenters. The number of rotatable bonds is 5. The number of aliphatic hydroxyl groups is 1. The lowest BCUT2D eigenvalue weighted by Crippen LogP contribution is -2.53. The van der Waals surface area contributed by atoms with Crippen molar-refractivity contribution in [1.29, 1.82) is 0 Å². The van der Waals surface area contributed by atoms with E-state index in [-0.39, 0.29) is 24.2 Å². The lowest BCUT2D eigenvalue weighted by molar-refractivity contribution is -0.132. The molecule has 1 amide bonds. The van der Waals surface area contributed by atoms with Gasteiger partial charge in [0.2, 0.25) is 5.91 Å². The van der Waals surface area contributed by atoms with Crippen LogP contribution in [-0.4, -0.2) is 65.2 Å². The lowest BCUT2D eigenvalue weighted by Gasteiger charge is -2.39. The molecule has 5 nitrogen and oxygen atoms in total. The van der Waals surface area contributed by atoms with Gasteiger partial charge in [-0.25, -0.2) is 0 Å². The number of nitrogens with zero attached hydrogens (tertiary/aromatic N) is 2. The van der Waals surface area contributed by atoms with Crippen molar-refractivity contribution in [1.82, 2.24) is 9.80 Å². The topological polar surface area (TPSA) is 53.0 Å². The SMILES string of the molecule is CC(C)Oc1ccccc1CC(=O)N1CCN(C2CCCC2O)CC1. The van der Waals surface area contributed by atoms with Crippen LogP contribution in [0.3, 0.4) is 0 Å². The normalized spacial score (nSPS) is 24.7. The van der Waals surface area contributed by atoms with E-state index in [9.17, 15) is 9.90 Å². The van der Waals surface area contributed by atoms with Gasteiger partial charge in [0.1, 0.15) is 5.75 Å². The standard InChI is InChI=1S/C20H30N2O3/c1-15(2)25-19-9-4-3-6-16(19)14-20(24)22-12-10-21(11-13-22)17-7-5-8-18(17)23/h3-4,6,9,15,17-18,23H,5,7-8,10-14H2,1-2H3. The van der Waals surface area contributed by atoms with Crippen LogP contribution in [0, 0.1) is 0 Å². The molecule has 0 aromatic heterocycles. The molecule has 0 radical (unpaired) electrons. The Hall–Kier alpha value is -1.59. The molecule has 138 valence electrons. The van der Waals surface area contributed by atoms with Gasteiger partial charge < -0.3 is 14.7 Å². The molecule has 2 fully saturated rings. The Kier molecular flexibility index (Phi) is 5.97. The fraction of sp³-hybridized carbons (Fsp3) is 0.650. The Morgan fingerprint density at radius 3 is 2.56 bits per heavy atom. The summed E-state index contributed by atoms with van der Waals surface area (Å²) in [6.45, 7) is 7.20. The zero-order valence-electron chi connectivity index (χ0n) is 15.4. The third-order valence-corrected chi connectivity index (χ3v) is 5.26. The van der Waals surface area contributed by atoms with Gasteiger partial charge in [-0.05, 0) is 39.2 Å². The molecule has 1 aromatic rings. The third-order valence-electron chi connectivity index (χ3n) is 5.26. The molecule has 25 heavy (non-hydrogen) atoms. The molecule has 0 spiro atoms. The van der Waals surface area contributed by atoms with E-state index in [1.165, 1.54) is 0 Å². The van der Waals surface area contributed by atoms with E-state index in [1.54, 1.807) is 0 Å². The highest BCUT2D eigenvalue weighted by Crippen LogP contribution is 2.25. The highest BCUT2D eigenvalue weighted by Gasteiger charge is 2.33.